The lowest BCUT2D eigenvalue weighted by molar-refractivity contribution is -0.121. The van der Waals surface area contributed by atoms with Gasteiger partial charge in [-0.15, -0.1) is 0 Å². The summed E-state index contributed by atoms with van der Waals surface area (Å²) in [7, 11) is 0. The second kappa shape index (κ2) is 10.2. The molecule has 0 aromatic heterocycles. The zero-order chi connectivity index (χ0) is 21.3. The molecule has 0 aliphatic carbocycles. The number of carbonyl (C=O) groups excluding carboxylic acids is 2. The van der Waals surface area contributed by atoms with Crippen molar-refractivity contribution in [1.29, 1.82) is 0 Å². The van der Waals surface area contributed by atoms with Gasteiger partial charge in [0, 0.05) is 5.56 Å². The lowest BCUT2D eigenvalue weighted by Crippen LogP contribution is -2.49. The molecule has 0 aliphatic heterocycles. The van der Waals surface area contributed by atoms with Crippen molar-refractivity contribution < 1.29 is 14.3 Å². The Labute approximate surface area is 180 Å². The number of hydrazine groups is 1. The van der Waals surface area contributed by atoms with Crippen LogP contribution in [0.25, 0.3) is 11.1 Å². The Balaban J connectivity index is 1.44. The highest BCUT2D eigenvalue weighted by Crippen LogP contribution is 2.19. The number of amides is 2. The van der Waals surface area contributed by atoms with Crippen molar-refractivity contribution in [3.8, 4) is 16.9 Å². The third-order valence-corrected chi connectivity index (χ3v) is 4.45. The van der Waals surface area contributed by atoms with Crippen LogP contribution in [0.3, 0.4) is 0 Å². The van der Waals surface area contributed by atoms with Crippen LogP contribution in [0.5, 0.6) is 5.75 Å². The largest absolute Gasteiger partial charge is 0.483 e. The van der Waals surface area contributed by atoms with Crippen LogP contribution >= 0.6 is 12.2 Å². The normalized spacial score (nSPS) is 10.0. The van der Waals surface area contributed by atoms with Gasteiger partial charge in [0.2, 0.25) is 0 Å². The molecule has 152 valence electrons. The minimum Gasteiger partial charge on any atom is -0.483 e. The van der Waals surface area contributed by atoms with Gasteiger partial charge in [-0.2, -0.15) is 0 Å². The van der Waals surface area contributed by atoms with Crippen LogP contribution in [0.4, 0.5) is 0 Å². The zero-order valence-electron chi connectivity index (χ0n) is 16.3. The summed E-state index contributed by atoms with van der Waals surface area (Å²) in [6.45, 7) is 1.70. The zero-order valence-corrected chi connectivity index (χ0v) is 17.2. The van der Waals surface area contributed by atoms with E-state index in [-0.39, 0.29) is 17.6 Å². The predicted octanol–water partition coefficient (Wildman–Crippen LogP) is 3.38. The van der Waals surface area contributed by atoms with Crippen LogP contribution in [0.2, 0.25) is 0 Å². The molecule has 30 heavy (non-hydrogen) atoms. The van der Waals surface area contributed by atoms with Gasteiger partial charge < -0.3 is 4.74 Å². The van der Waals surface area contributed by atoms with Crippen molar-refractivity contribution >= 4 is 29.1 Å². The van der Waals surface area contributed by atoms with Crippen molar-refractivity contribution in [2.75, 3.05) is 6.61 Å². The maximum absolute atomic E-state index is 12.3. The molecule has 7 heteroatoms. The highest BCUT2D eigenvalue weighted by atomic mass is 32.1. The van der Waals surface area contributed by atoms with E-state index in [2.05, 4.69) is 16.2 Å². The quantitative estimate of drug-likeness (QED) is 0.437. The standard InChI is InChI=1S/C23H21N3O3S/c1-16-7-5-6-10-20(16)29-15-21(27)24-23(30)26-25-22(28)19-13-11-18(12-14-19)17-8-3-2-4-9-17/h2-14H,15H2,1H3,(H,25,28)(H2,24,26,27,30). The number of para-hydroxylation sites is 1. The molecule has 0 fully saturated rings. The molecule has 3 rings (SSSR count). The molecular weight excluding hydrogens is 398 g/mol. The lowest BCUT2D eigenvalue weighted by Gasteiger charge is -2.12. The van der Waals surface area contributed by atoms with Crippen molar-refractivity contribution in [2.24, 2.45) is 0 Å². The number of nitrogens with one attached hydrogen (secondary N) is 3. The van der Waals surface area contributed by atoms with Gasteiger partial charge in [0.05, 0.1) is 0 Å². The summed E-state index contributed by atoms with van der Waals surface area (Å²) in [6.07, 6.45) is 0. The molecule has 6 nitrogen and oxygen atoms in total. The van der Waals surface area contributed by atoms with Crippen molar-refractivity contribution in [1.82, 2.24) is 16.2 Å². The first-order chi connectivity index (χ1) is 14.5. The summed E-state index contributed by atoms with van der Waals surface area (Å²) in [4.78, 5) is 24.2. The minimum atomic E-state index is -0.433. The number of thiocarbonyl (C=S) groups is 1. The highest BCUT2D eigenvalue weighted by Gasteiger charge is 2.09. The SMILES string of the molecule is Cc1ccccc1OCC(=O)NC(=S)NNC(=O)c1ccc(-c2ccccc2)cc1. The summed E-state index contributed by atoms with van der Waals surface area (Å²) in [5.41, 5.74) is 8.44. The number of carbonyl (C=O) groups is 2. The summed E-state index contributed by atoms with van der Waals surface area (Å²) in [6, 6.07) is 24.4. The maximum Gasteiger partial charge on any atom is 0.269 e. The molecule has 0 heterocycles. The van der Waals surface area contributed by atoms with E-state index < -0.39 is 5.91 Å². The monoisotopic (exact) mass is 419 g/mol. The van der Waals surface area contributed by atoms with Crippen molar-refractivity contribution in [2.45, 2.75) is 6.92 Å². The number of rotatable bonds is 5. The van der Waals surface area contributed by atoms with Gasteiger partial charge in [-0.3, -0.25) is 25.8 Å². The van der Waals surface area contributed by atoms with Crippen LogP contribution in [0.1, 0.15) is 15.9 Å². The molecule has 0 bridgehead atoms. The second-order valence-electron chi connectivity index (χ2n) is 6.45. The lowest BCUT2D eigenvalue weighted by atomic mass is 10.0. The third-order valence-electron chi connectivity index (χ3n) is 4.25. The molecule has 3 aromatic carbocycles. The van der Waals surface area contributed by atoms with E-state index in [4.69, 9.17) is 17.0 Å². The van der Waals surface area contributed by atoms with Crippen LogP contribution in [-0.4, -0.2) is 23.5 Å². The van der Waals surface area contributed by atoms with E-state index in [1.165, 1.54) is 0 Å². The van der Waals surface area contributed by atoms with E-state index in [0.717, 1.165) is 16.7 Å². The second-order valence-corrected chi connectivity index (χ2v) is 6.86. The molecule has 0 unspecified atom stereocenters. The van der Waals surface area contributed by atoms with Crippen LogP contribution in [-0.2, 0) is 4.79 Å². The molecule has 3 aromatic rings. The Bertz CT molecular complexity index is 1040. The van der Waals surface area contributed by atoms with Crippen LogP contribution in [0.15, 0.2) is 78.9 Å². The Kier molecular flexibility index (Phi) is 7.13. The van der Waals surface area contributed by atoms with E-state index in [0.29, 0.717) is 11.3 Å². The topological polar surface area (TPSA) is 79.5 Å². The van der Waals surface area contributed by atoms with E-state index in [1.54, 1.807) is 18.2 Å². The van der Waals surface area contributed by atoms with Gasteiger partial charge in [-0.05, 0) is 54.0 Å². The van der Waals surface area contributed by atoms with Crippen LogP contribution < -0.4 is 20.9 Å². The Hall–Kier alpha value is -3.71. The molecule has 0 saturated heterocycles. The molecular formula is C23H21N3O3S. The van der Waals surface area contributed by atoms with Gasteiger partial charge in [0.15, 0.2) is 11.7 Å². The van der Waals surface area contributed by atoms with Gasteiger partial charge in [-0.1, -0.05) is 60.7 Å². The molecule has 0 saturated carbocycles. The first-order valence-corrected chi connectivity index (χ1v) is 9.68. The fourth-order valence-corrected chi connectivity index (χ4v) is 2.85. The summed E-state index contributed by atoms with van der Waals surface area (Å²) >= 11 is 5.03. The van der Waals surface area contributed by atoms with E-state index in [1.807, 2.05) is 67.6 Å². The number of hydrogen-bond donors (Lipinski definition) is 3. The number of aryl methyl sites for hydroxylation is 1. The van der Waals surface area contributed by atoms with Crippen molar-refractivity contribution in [3.05, 3.63) is 90.0 Å². The summed E-state index contributed by atoms with van der Waals surface area (Å²) in [5, 5.41) is 2.42. The maximum atomic E-state index is 12.3. The van der Waals surface area contributed by atoms with Gasteiger partial charge in [0.1, 0.15) is 5.75 Å². The van der Waals surface area contributed by atoms with Crippen molar-refractivity contribution in [3.63, 3.8) is 0 Å². The first kappa shape index (κ1) is 21.0. The van der Waals surface area contributed by atoms with Gasteiger partial charge >= 0.3 is 0 Å². The first-order valence-electron chi connectivity index (χ1n) is 9.27. The highest BCUT2D eigenvalue weighted by molar-refractivity contribution is 7.80. The van der Waals surface area contributed by atoms with Gasteiger partial charge in [0.25, 0.3) is 11.8 Å². The fraction of sp³-hybridized carbons (Fsp3) is 0.0870. The average molecular weight is 420 g/mol. The third kappa shape index (κ3) is 5.89. The smallest absolute Gasteiger partial charge is 0.269 e. The minimum absolute atomic E-state index is 0.0253. The predicted molar refractivity (Wildman–Crippen MR) is 120 cm³/mol. The Morgan fingerprint density at radius 1 is 0.833 bits per heavy atom. The number of benzene rings is 3. The van der Waals surface area contributed by atoms with E-state index in [9.17, 15) is 9.59 Å². The number of ether oxygens (including phenoxy) is 1. The summed E-state index contributed by atoms with van der Waals surface area (Å²) in [5.74, 6) is -0.182. The van der Waals surface area contributed by atoms with Crippen LogP contribution in [0, 0.1) is 6.92 Å². The molecule has 0 aliphatic rings. The van der Waals surface area contributed by atoms with Gasteiger partial charge in [-0.25, -0.2) is 0 Å². The fourth-order valence-electron chi connectivity index (χ4n) is 2.69. The van der Waals surface area contributed by atoms with E-state index >= 15 is 0 Å². The molecule has 0 atom stereocenters. The Morgan fingerprint density at radius 3 is 2.17 bits per heavy atom. The Morgan fingerprint density at radius 2 is 1.47 bits per heavy atom. The summed E-state index contributed by atoms with van der Waals surface area (Å²) < 4.78 is 5.46. The molecule has 0 spiro atoms. The number of hydrogen-bond acceptors (Lipinski definition) is 4. The molecule has 0 radical (unpaired) electrons. The average Bonchev–Trinajstić information content (AvgIpc) is 2.77. The molecule has 3 N–H and O–H groups in total. The molecule has 2 amide bonds.